The van der Waals surface area contributed by atoms with Gasteiger partial charge in [-0.05, 0) is 64.4 Å². The smallest absolute Gasteiger partial charge is 0.328 e. The van der Waals surface area contributed by atoms with Crippen LogP contribution in [0.25, 0.3) is 10.8 Å². The van der Waals surface area contributed by atoms with Gasteiger partial charge in [0.05, 0.1) is 7.11 Å². The number of amides is 1. The number of methoxy groups -OCH3 is 1. The van der Waals surface area contributed by atoms with Crippen molar-refractivity contribution in [3.8, 4) is 11.5 Å². The van der Waals surface area contributed by atoms with Gasteiger partial charge >= 0.3 is 5.97 Å². The number of carbonyl (C=O) groups excluding carboxylic acids is 2. The van der Waals surface area contributed by atoms with Crippen LogP contribution in [0.2, 0.25) is 0 Å². The van der Waals surface area contributed by atoms with Crippen LogP contribution in [0.1, 0.15) is 42.4 Å². The Balaban J connectivity index is 1.47. The van der Waals surface area contributed by atoms with Gasteiger partial charge in [-0.25, -0.2) is 4.79 Å². The Morgan fingerprint density at radius 2 is 1.59 bits per heavy atom. The van der Waals surface area contributed by atoms with E-state index in [1.807, 2.05) is 54.6 Å². The molecule has 1 N–H and O–H groups in total. The maximum Gasteiger partial charge on any atom is 0.328 e. The molecule has 4 aromatic rings. The topological polar surface area (TPSA) is 77.5 Å². The number of ether oxygens (including phenoxy) is 2. The number of benzene rings is 3. The van der Waals surface area contributed by atoms with Gasteiger partial charge in [0, 0.05) is 22.5 Å². The molecule has 0 fully saturated rings. The van der Waals surface area contributed by atoms with E-state index in [4.69, 9.17) is 9.47 Å². The van der Waals surface area contributed by atoms with E-state index < -0.39 is 17.9 Å². The number of esters is 1. The van der Waals surface area contributed by atoms with Crippen LogP contribution >= 0.6 is 15.9 Å². The molecule has 0 radical (unpaired) electrons. The number of hydrogen-bond acceptors (Lipinski definition) is 5. The molecule has 6 nitrogen and oxygen atoms in total. The van der Waals surface area contributed by atoms with E-state index in [0.29, 0.717) is 12.2 Å². The van der Waals surface area contributed by atoms with E-state index in [1.54, 1.807) is 12.3 Å². The highest BCUT2D eigenvalue weighted by atomic mass is 79.9. The number of carbonyl (C=O) groups is 2. The monoisotopic (exact) mass is 560 g/mol. The third kappa shape index (κ3) is 6.74. The van der Waals surface area contributed by atoms with Crippen LogP contribution in [-0.4, -0.2) is 30.0 Å². The van der Waals surface area contributed by atoms with E-state index in [0.717, 1.165) is 26.6 Å². The van der Waals surface area contributed by atoms with Crippen LogP contribution in [0, 0.1) is 0 Å². The van der Waals surface area contributed by atoms with Crippen LogP contribution in [0.4, 0.5) is 0 Å². The van der Waals surface area contributed by atoms with Crippen molar-refractivity contribution in [2.75, 3.05) is 7.11 Å². The zero-order valence-corrected chi connectivity index (χ0v) is 22.8. The van der Waals surface area contributed by atoms with Crippen LogP contribution in [0.5, 0.6) is 11.5 Å². The number of hydrogen-bond donors (Lipinski definition) is 1. The van der Waals surface area contributed by atoms with Crippen LogP contribution in [-0.2, 0) is 21.4 Å². The number of aromatic nitrogens is 1. The molecule has 1 aromatic heterocycles. The van der Waals surface area contributed by atoms with Crippen molar-refractivity contribution in [2.45, 2.75) is 38.6 Å². The maximum atomic E-state index is 13.0. The summed E-state index contributed by atoms with van der Waals surface area (Å²) in [5.41, 5.74) is 2.42. The SMILES string of the molecule is COC(=O)[C@H](Cc1ccc(Br)cc1)NC(=O)c1cc2ccc(Oc3ccc(C(C)(C)C)cc3)cc2cn1. The number of rotatable bonds is 7. The van der Waals surface area contributed by atoms with Crippen molar-refractivity contribution in [2.24, 2.45) is 0 Å². The minimum Gasteiger partial charge on any atom is -0.467 e. The van der Waals surface area contributed by atoms with Gasteiger partial charge in [0.1, 0.15) is 23.2 Å². The second kappa shape index (κ2) is 11.1. The molecule has 1 atom stereocenters. The van der Waals surface area contributed by atoms with Gasteiger partial charge in [-0.1, -0.05) is 67.0 Å². The summed E-state index contributed by atoms with van der Waals surface area (Å²) in [7, 11) is 1.30. The lowest BCUT2D eigenvalue weighted by atomic mass is 9.87. The van der Waals surface area contributed by atoms with Crippen molar-refractivity contribution in [1.82, 2.24) is 10.3 Å². The first-order valence-electron chi connectivity index (χ1n) is 11.9. The number of pyridine rings is 1. The normalized spacial score (nSPS) is 12.1. The summed E-state index contributed by atoms with van der Waals surface area (Å²) in [6.45, 7) is 6.52. The maximum absolute atomic E-state index is 13.0. The Kier molecular flexibility index (Phi) is 7.93. The van der Waals surface area contributed by atoms with Crippen molar-refractivity contribution >= 4 is 38.6 Å². The van der Waals surface area contributed by atoms with Crippen molar-refractivity contribution in [3.63, 3.8) is 0 Å². The van der Waals surface area contributed by atoms with Gasteiger partial charge in [-0.2, -0.15) is 0 Å². The first-order chi connectivity index (χ1) is 17.6. The molecule has 0 aliphatic carbocycles. The molecule has 1 amide bonds. The largest absolute Gasteiger partial charge is 0.467 e. The fourth-order valence-electron chi connectivity index (χ4n) is 3.89. The Labute approximate surface area is 225 Å². The molecule has 4 rings (SSSR count). The predicted molar refractivity (Wildman–Crippen MR) is 148 cm³/mol. The molecular weight excluding hydrogens is 532 g/mol. The van der Waals surface area contributed by atoms with Gasteiger partial charge in [-0.15, -0.1) is 0 Å². The van der Waals surface area contributed by atoms with Crippen molar-refractivity contribution < 1.29 is 19.1 Å². The molecule has 3 aromatic carbocycles. The highest BCUT2D eigenvalue weighted by Crippen LogP contribution is 2.29. The summed E-state index contributed by atoms with van der Waals surface area (Å²) in [5.74, 6) is 0.453. The lowest BCUT2D eigenvalue weighted by Gasteiger charge is -2.19. The zero-order chi connectivity index (χ0) is 26.6. The van der Waals surface area contributed by atoms with Gasteiger partial charge in [0.15, 0.2) is 0 Å². The van der Waals surface area contributed by atoms with Gasteiger partial charge in [0.2, 0.25) is 0 Å². The highest BCUT2D eigenvalue weighted by molar-refractivity contribution is 9.10. The summed E-state index contributed by atoms with van der Waals surface area (Å²) >= 11 is 3.40. The van der Waals surface area contributed by atoms with Crippen LogP contribution < -0.4 is 10.1 Å². The Morgan fingerprint density at radius 1 is 0.919 bits per heavy atom. The summed E-state index contributed by atoms with van der Waals surface area (Å²) in [6.07, 6.45) is 1.93. The fourth-order valence-corrected chi connectivity index (χ4v) is 4.15. The fraction of sp³-hybridized carbons (Fsp3) is 0.233. The second-order valence-electron chi connectivity index (χ2n) is 9.83. The summed E-state index contributed by atoms with van der Waals surface area (Å²) < 4.78 is 11.9. The van der Waals surface area contributed by atoms with Crippen LogP contribution in [0.3, 0.4) is 0 Å². The standard InChI is InChI=1S/C30H29BrN2O4/c1-30(2,3)22-8-13-24(14-9-22)37-25-12-7-20-17-26(32-18-21(20)16-25)28(34)33-27(29(35)36-4)15-19-5-10-23(31)11-6-19/h5-14,16-18,27H,15H2,1-4H3,(H,33,34)/t27-/m0/s1. The second-order valence-corrected chi connectivity index (χ2v) is 10.8. The summed E-state index contributed by atoms with van der Waals surface area (Å²) in [4.78, 5) is 29.6. The van der Waals surface area contributed by atoms with Gasteiger partial charge in [0.25, 0.3) is 5.91 Å². The zero-order valence-electron chi connectivity index (χ0n) is 21.2. The summed E-state index contributed by atoms with van der Waals surface area (Å²) in [6, 6.07) is 22.1. The molecule has 0 spiro atoms. The quantitative estimate of drug-likeness (QED) is 0.257. The average Bonchev–Trinajstić information content (AvgIpc) is 2.88. The number of halogens is 1. The highest BCUT2D eigenvalue weighted by Gasteiger charge is 2.23. The van der Waals surface area contributed by atoms with Gasteiger partial charge < -0.3 is 14.8 Å². The first kappa shape index (κ1) is 26.4. The van der Waals surface area contributed by atoms with E-state index in [9.17, 15) is 9.59 Å². The molecule has 190 valence electrons. The van der Waals surface area contributed by atoms with E-state index >= 15 is 0 Å². The lowest BCUT2D eigenvalue weighted by Crippen LogP contribution is -2.43. The first-order valence-corrected chi connectivity index (χ1v) is 12.7. The minimum absolute atomic E-state index is 0.0764. The molecule has 0 unspecified atom stereocenters. The third-order valence-corrected chi connectivity index (χ3v) is 6.55. The predicted octanol–water partition coefficient (Wildman–Crippen LogP) is 6.60. The van der Waals surface area contributed by atoms with Gasteiger partial charge in [-0.3, -0.25) is 9.78 Å². The molecular formula is C30H29BrN2O4. The molecule has 0 bridgehead atoms. The van der Waals surface area contributed by atoms with E-state index in [1.165, 1.54) is 12.7 Å². The molecule has 1 heterocycles. The molecule has 0 aliphatic heterocycles. The number of nitrogens with zero attached hydrogens (tertiary/aromatic N) is 1. The van der Waals surface area contributed by atoms with Crippen molar-refractivity contribution in [1.29, 1.82) is 0 Å². The molecule has 0 saturated heterocycles. The van der Waals surface area contributed by atoms with Crippen LogP contribution in [0.15, 0.2) is 83.5 Å². The average molecular weight is 561 g/mol. The van der Waals surface area contributed by atoms with Crippen molar-refractivity contribution in [3.05, 3.63) is 100 Å². The number of nitrogens with one attached hydrogen (secondary N) is 1. The Bertz CT molecular complexity index is 1410. The van der Waals surface area contributed by atoms with E-state index in [-0.39, 0.29) is 11.1 Å². The molecule has 37 heavy (non-hydrogen) atoms. The molecule has 0 saturated carbocycles. The van der Waals surface area contributed by atoms with E-state index in [2.05, 4.69) is 59.1 Å². The minimum atomic E-state index is -0.836. The Hall–Kier alpha value is -3.71. The lowest BCUT2D eigenvalue weighted by molar-refractivity contribution is -0.142. The molecule has 0 aliphatic rings. The Morgan fingerprint density at radius 3 is 2.24 bits per heavy atom. The summed E-state index contributed by atoms with van der Waals surface area (Å²) in [5, 5.41) is 4.42. The third-order valence-electron chi connectivity index (χ3n) is 6.03. The molecule has 7 heteroatoms. The number of fused-ring (bicyclic) bond motifs is 1.